The fourth-order valence-electron chi connectivity index (χ4n) is 2.42. The summed E-state index contributed by atoms with van der Waals surface area (Å²) in [6, 6.07) is 1.59. The average Bonchev–Trinajstić information content (AvgIpc) is 2.56. The highest BCUT2D eigenvalue weighted by Crippen LogP contribution is 2.16. The molecule has 8 nitrogen and oxygen atoms in total. The summed E-state index contributed by atoms with van der Waals surface area (Å²) >= 11 is 0. The van der Waals surface area contributed by atoms with E-state index in [1.54, 1.807) is 26.4 Å². The van der Waals surface area contributed by atoms with Crippen LogP contribution in [0.2, 0.25) is 0 Å². The fraction of sp³-hybridized carbons (Fsp3) is 0.667. The Bertz CT molecular complexity index is 575. The molecule has 1 aliphatic rings. The Kier molecular flexibility index (Phi) is 6.54. The minimum atomic E-state index is -0.129. The third kappa shape index (κ3) is 5.33. The molecule has 23 heavy (non-hydrogen) atoms. The molecular weight excluding hydrogens is 300 g/mol. The van der Waals surface area contributed by atoms with Crippen LogP contribution in [0.15, 0.2) is 17.1 Å². The molecule has 1 amide bonds. The molecular formula is C15H24N4O4. The first kappa shape index (κ1) is 17.4. The lowest BCUT2D eigenvalue weighted by Crippen LogP contribution is -2.44. The zero-order valence-electron chi connectivity index (χ0n) is 13.7. The fourth-order valence-corrected chi connectivity index (χ4v) is 2.42. The number of aromatic nitrogens is 2. The van der Waals surface area contributed by atoms with Gasteiger partial charge in [0.1, 0.15) is 0 Å². The smallest absolute Gasteiger partial charge is 0.268 e. The van der Waals surface area contributed by atoms with Crippen LogP contribution in [0, 0.1) is 0 Å². The summed E-state index contributed by atoms with van der Waals surface area (Å²) in [5.41, 5.74) is 0.682. The summed E-state index contributed by atoms with van der Waals surface area (Å²) < 4.78 is 11.9. The van der Waals surface area contributed by atoms with Crippen LogP contribution >= 0.6 is 0 Å². The van der Waals surface area contributed by atoms with Gasteiger partial charge in [-0.15, -0.1) is 0 Å². The summed E-state index contributed by atoms with van der Waals surface area (Å²) in [5.74, 6) is -0.0183. The van der Waals surface area contributed by atoms with E-state index in [1.807, 2.05) is 0 Å². The first-order valence-corrected chi connectivity index (χ1v) is 7.75. The standard InChI is InChI=1S/C15H24N4O4/c1-18-15(21)9-12(10-17-18)19-6-8-23-13(11-19)3-5-16-14(20)4-7-22-2/h9-10,13H,3-8,11H2,1-2H3,(H,16,20)/t13-/m0/s1. The van der Waals surface area contributed by atoms with Crippen molar-refractivity contribution in [3.8, 4) is 0 Å². The number of anilines is 1. The average molecular weight is 324 g/mol. The number of nitrogens with one attached hydrogen (secondary N) is 1. The first-order valence-electron chi connectivity index (χ1n) is 7.75. The Morgan fingerprint density at radius 1 is 1.57 bits per heavy atom. The summed E-state index contributed by atoms with van der Waals surface area (Å²) in [4.78, 5) is 25.3. The molecule has 0 radical (unpaired) electrons. The number of ether oxygens (including phenoxy) is 2. The molecule has 1 fully saturated rings. The molecule has 8 heteroatoms. The number of amides is 1. The predicted octanol–water partition coefficient (Wildman–Crippen LogP) is -0.472. The second-order valence-corrected chi connectivity index (χ2v) is 5.50. The van der Waals surface area contributed by atoms with Crippen molar-refractivity contribution >= 4 is 11.6 Å². The maximum atomic E-state index is 11.7. The number of hydrogen-bond acceptors (Lipinski definition) is 6. The Balaban J connectivity index is 1.80. The lowest BCUT2D eigenvalue weighted by atomic mass is 10.2. The first-order chi connectivity index (χ1) is 11.1. The summed E-state index contributed by atoms with van der Waals surface area (Å²) in [6.45, 7) is 3.00. The molecule has 1 aromatic rings. The van der Waals surface area contributed by atoms with E-state index >= 15 is 0 Å². The van der Waals surface area contributed by atoms with E-state index in [2.05, 4.69) is 15.3 Å². The molecule has 0 bridgehead atoms. The SMILES string of the molecule is COCCC(=O)NCC[C@H]1CN(c2cnn(C)c(=O)c2)CCO1. The number of rotatable bonds is 7. The van der Waals surface area contributed by atoms with Crippen LogP contribution in [-0.4, -0.2) is 61.7 Å². The van der Waals surface area contributed by atoms with Gasteiger partial charge in [0.2, 0.25) is 5.91 Å². The summed E-state index contributed by atoms with van der Waals surface area (Å²) in [7, 11) is 3.20. The van der Waals surface area contributed by atoms with Crippen LogP contribution in [0.1, 0.15) is 12.8 Å². The second-order valence-electron chi connectivity index (χ2n) is 5.50. The highest BCUT2D eigenvalue weighted by atomic mass is 16.5. The number of carbonyl (C=O) groups excluding carboxylic acids is 1. The Labute approximate surface area is 135 Å². The number of hydrogen-bond donors (Lipinski definition) is 1. The van der Waals surface area contributed by atoms with Crippen LogP contribution in [0.25, 0.3) is 0 Å². The highest BCUT2D eigenvalue weighted by molar-refractivity contribution is 5.75. The minimum Gasteiger partial charge on any atom is -0.384 e. The number of morpholine rings is 1. The van der Waals surface area contributed by atoms with Crippen LogP contribution in [0.4, 0.5) is 5.69 Å². The Hall–Kier alpha value is -1.93. The van der Waals surface area contributed by atoms with Gasteiger partial charge in [-0.1, -0.05) is 0 Å². The van der Waals surface area contributed by atoms with Gasteiger partial charge in [-0.25, -0.2) is 4.68 Å². The highest BCUT2D eigenvalue weighted by Gasteiger charge is 2.21. The molecule has 1 aliphatic heterocycles. The summed E-state index contributed by atoms with van der Waals surface area (Å²) in [5, 5.41) is 6.90. The number of aryl methyl sites for hydroxylation is 1. The third-order valence-electron chi connectivity index (χ3n) is 3.78. The van der Waals surface area contributed by atoms with Crippen molar-refractivity contribution in [1.29, 1.82) is 0 Å². The van der Waals surface area contributed by atoms with Gasteiger partial charge in [-0.3, -0.25) is 9.59 Å². The summed E-state index contributed by atoms with van der Waals surface area (Å²) in [6.07, 6.45) is 2.81. The predicted molar refractivity (Wildman–Crippen MR) is 85.6 cm³/mol. The van der Waals surface area contributed by atoms with Gasteiger partial charge in [0, 0.05) is 46.3 Å². The molecule has 1 N–H and O–H groups in total. The zero-order chi connectivity index (χ0) is 16.7. The van der Waals surface area contributed by atoms with Crippen molar-refractivity contribution in [2.45, 2.75) is 18.9 Å². The number of methoxy groups -OCH3 is 1. The van der Waals surface area contributed by atoms with Gasteiger partial charge in [0.05, 0.1) is 31.2 Å². The van der Waals surface area contributed by atoms with Crippen molar-refractivity contribution in [1.82, 2.24) is 15.1 Å². The lowest BCUT2D eigenvalue weighted by molar-refractivity contribution is -0.122. The molecule has 0 aromatic carbocycles. The van der Waals surface area contributed by atoms with Crippen LogP contribution < -0.4 is 15.8 Å². The minimum absolute atomic E-state index is 0.0183. The molecule has 0 spiro atoms. The molecule has 1 aromatic heterocycles. The van der Waals surface area contributed by atoms with E-state index in [0.29, 0.717) is 32.7 Å². The molecule has 1 saturated heterocycles. The van der Waals surface area contributed by atoms with Crippen molar-refractivity contribution < 1.29 is 14.3 Å². The topological polar surface area (TPSA) is 85.7 Å². The molecule has 1 atom stereocenters. The van der Waals surface area contributed by atoms with E-state index in [0.717, 1.165) is 18.7 Å². The Morgan fingerprint density at radius 2 is 2.39 bits per heavy atom. The monoisotopic (exact) mass is 324 g/mol. The van der Waals surface area contributed by atoms with E-state index in [4.69, 9.17) is 9.47 Å². The lowest BCUT2D eigenvalue weighted by Gasteiger charge is -2.34. The van der Waals surface area contributed by atoms with Gasteiger partial charge < -0.3 is 19.7 Å². The molecule has 2 heterocycles. The molecule has 0 aliphatic carbocycles. The van der Waals surface area contributed by atoms with Gasteiger partial charge >= 0.3 is 0 Å². The van der Waals surface area contributed by atoms with Crippen molar-refractivity contribution in [3.63, 3.8) is 0 Å². The maximum absolute atomic E-state index is 11.7. The van der Waals surface area contributed by atoms with Gasteiger partial charge in [0.15, 0.2) is 0 Å². The Morgan fingerprint density at radius 3 is 3.13 bits per heavy atom. The largest absolute Gasteiger partial charge is 0.384 e. The van der Waals surface area contributed by atoms with Gasteiger partial charge in [0.25, 0.3) is 5.56 Å². The van der Waals surface area contributed by atoms with Crippen molar-refractivity contribution in [2.75, 3.05) is 44.9 Å². The molecule has 0 unspecified atom stereocenters. The van der Waals surface area contributed by atoms with Gasteiger partial charge in [-0.05, 0) is 6.42 Å². The molecule has 0 saturated carbocycles. The van der Waals surface area contributed by atoms with Crippen molar-refractivity contribution in [3.05, 3.63) is 22.6 Å². The van der Waals surface area contributed by atoms with E-state index < -0.39 is 0 Å². The van der Waals surface area contributed by atoms with E-state index in [9.17, 15) is 9.59 Å². The normalized spacial score (nSPS) is 18.0. The number of carbonyl (C=O) groups is 1. The molecule has 128 valence electrons. The second kappa shape index (κ2) is 8.64. The van der Waals surface area contributed by atoms with Gasteiger partial charge in [-0.2, -0.15) is 5.10 Å². The van der Waals surface area contributed by atoms with Crippen molar-refractivity contribution in [2.24, 2.45) is 7.05 Å². The van der Waals surface area contributed by atoms with E-state index in [-0.39, 0.29) is 17.6 Å². The molecule has 2 rings (SSSR count). The van der Waals surface area contributed by atoms with Crippen LogP contribution in [0.3, 0.4) is 0 Å². The van der Waals surface area contributed by atoms with Crippen LogP contribution in [-0.2, 0) is 21.3 Å². The third-order valence-corrected chi connectivity index (χ3v) is 3.78. The zero-order valence-corrected chi connectivity index (χ0v) is 13.7. The van der Waals surface area contributed by atoms with E-state index in [1.165, 1.54) is 4.68 Å². The maximum Gasteiger partial charge on any atom is 0.268 e. The quantitative estimate of drug-likeness (QED) is 0.730. The number of nitrogens with zero attached hydrogens (tertiary/aromatic N) is 3. The van der Waals surface area contributed by atoms with Crippen LogP contribution in [0.5, 0.6) is 0 Å².